The lowest BCUT2D eigenvalue weighted by Gasteiger charge is -2.21. The lowest BCUT2D eigenvalue weighted by molar-refractivity contribution is -0.384. The van der Waals surface area contributed by atoms with E-state index in [1.54, 1.807) is 13.8 Å². The molecule has 1 N–H and O–H groups in total. The molecule has 1 aromatic carbocycles. The number of nitrogens with zero attached hydrogens (tertiary/aromatic N) is 2. The van der Waals surface area contributed by atoms with Crippen LogP contribution >= 0.6 is 11.6 Å². The van der Waals surface area contributed by atoms with E-state index in [-0.39, 0.29) is 16.3 Å². The molecule has 0 aliphatic heterocycles. The maximum absolute atomic E-state index is 11.9. The van der Waals surface area contributed by atoms with Gasteiger partial charge in [0.15, 0.2) is 0 Å². The fourth-order valence-corrected chi connectivity index (χ4v) is 1.50. The molecule has 100 valence electrons. The maximum atomic E-state index is 11.9. The van der Waals surface area contributed by atoms with Crippen molar-refractivity contribution in [2.45, 2.75) is 25.8 Å². The number of carbonyl (C=O) groups is 1. The van der Waals surface area contributed by atoms with E-state index in [2.05, 4.69) is 5.32 Å². The minimum Gasteiger partial charge on any atom is -0.334 e. The summed E-state index contributed by atoms with van der Waals surface area (Å²) < 4.78 is 0. The minimum atomic E-state index is -1.01. The molecule has 0 aliphatic carbocycles. The van der Waals surface area contributed by atoms with E-state index in [1.165, 1.54) is 12.1 Å². The van der Waals surface area contributed by atoms with Gasteiger partial charge in [0.25, 0.3) is 11.6 Å². The Balaban J connectivity index is 3.05. The van der Waals surface area contributed by atoms with Gasteiger partial charge >= 0.3 is 0 Å². The highest BCUT2D eigenvalue weighted by molar-refractivity contribution is 6.32. The summed E-state index contributed by atoms with van der Waals surface area (Å²) in [6, 6.07) is 5.73. The van der Waals surface area contributed by atoms with Gasteiger partial charge in [-0.25, -0.2) is 0 Å². The number of hydrogen-bond donors (Lipinski definition) is 1. The van der Waals surface area contributed by atoms with Crippen LogP contribution in [0.2, 0.25) is 5.02 Å². The molecule has 0 aromatic heterocycles. The van der Waals surface area contributed by atoms with Crippen LogP contribution in [0.4, 0.5) is 5.69 Å². The van der Waals surface area contributed by atoms with Crippen molar-refractivity contribution in [3.05, 3.63) is 38.9 Å². The van der Waals surface area contributed by atoms with Gasteiger partial charge in [0, 0.05) is 11.6 Å². The summed E-state index contributed by atoms with van der Waals surface area (Å²) in [5.74, 6) is -0.550. The highest BCUT2D eigenvalue weighted by Gasteiger charge is 2.25. The molecule has 7 heteroatoms. The first kappa shape index (κ1) is 14.9. The normalized spacial score (nSPS) is 13.2. The van der Waals surface area contributed by atoms with Gasteiger partial charge in [-0.15, -0.1) is 0 Å². The number of amides is 1. The van der Waals surface area contributed by atoms with E-state index in [0.717, 1.165) is 6.07 Å². The molecule has 19 heavy (non-hydrogen) atoms. The molecule has 1 aromatic rings. The average Bonchev–Trinajstić information content (AvgIpc) is 2.38. The number of nitrogens with one attached hydrogen (secondary N) is 1. The van der Waals surface area contributed by atoms with Gasteiger partial charge in [0.2, 0.25) is 0 Å². The van der Waals surface area contributed by atoms with Crippen molar-refractivity contribution >= 4 is 23.2 Å². The van der Waals surface area contributed by atoms with E-state index in [4.69, 9.17) is 16.9 Å². The number of rotatable bonds is 4. The second kappa shape index (κ2) is 5.67. The second-order valence-corrected chi connectivity index (χ2v) is 4.58. The van der Waals surface area contributed by atoms with Gasteiger partial charge < -0.3 is 5.32 Å². The van der Waals surface area contributed by atoms with Gasteiger partial charge in [0.1, 0.15) is 10.6 Å². The average molecular weight is 282 g/mol. The van der Waals surface area contributed by atoms with Crippen LogP contribution < -0.4 is 5.32 Å². The van der Waals surface area contributed by atoms with Crippen molar-refractivity contribution in [1.29, 1.82) is 5.26 Å². The topological polar surface area (TPSA) is 96.0 Å². The lowest BCUT2D eigenvalue weighted by atomic mass is 10.0. The molecule has 1 rings (SSSR count). The zero-order valence-corrected chi connectivity index (χ0v) is 11.2. The molecule has 0 saturated carbocycles. The van der Waals surface area contributed by atoms with Crippen molar-refractivity contribution in [3.63, 3.8) is 0 Å². The monoisotopic (exact) mass is 281 g/mol. The highest BCUT2D eigenvalue weighted by atomic mass is 35.5. The zero-order chi connectivity index (χ0) is 14.6. The maximum Gasteiger partial charge on any atom is 0.288 e. The van der Waals surface area contributed by atoms with Gasteiger partial charge in [-0.1, -0.05) is 18.5 Å². The quantitative estimate of drug-likeness (QED) is 0.678. The standard InChI is InChI=1S/C12H12ClN3O3/c1-3-12(2,7-14)15-11(17)8-4-5-9(13)10(6-8)16(18)19/h4-6H,3H2,1-2H3,(H,15,17). The summed E-state index contributed by atoms with van der Waals surface area (Å²) in [5, 5.41) is 22.2. The Morgan fingerprint density at radius 1 is 1.63 bits per heavy atom. The van der Waals surface area contributed by atoms with Crippen molar-refractivity contribution in [2.24, 2.45) is 0 Å². The third kappa shape index (κ3) is 3.42. The molecule has 0 aliphatic rings. The Bertz CT molecular complexity index is 568. The summed E-state index contributed by atoms with van der Waals surface area (Å²) >= 11 is 5.66. The number of nitro groups is 1. The summed E-state index contributed by atoms with van der Waals surface area (Å²) in [7, 11) is 0. The molecule has 1 amide bonds. The largest absolute Gasteiger partial charge is 0.334 e. The van der Waals surface area contributed by atoms with Gasteiger partial charge in [-0.3, -0.25) is 14.9 Å². The highest BCUT2D eigenvalue weighted by Crippen LogP contribution is 2.25. The van der Waals surface area contributed by atoms with Crippen LogP contribution in [-0.2, 0) is 0 Å². The fraction of sp³-hybridized carbons (Fsp3) is 0.333. The van der Waals surface area contributed by atoms with E-state index in [9.17, 15) is 14.9 Å². The predicted molar refractivity (Wildman–Crippen MR) is 69.9 cm³/mol. The Morgan fingerprint density at radius 2 is 2.26 bits per heavy atom. The van der Waals surface area contributed by atoms with Crippen LogP contribution in [0.5, 0.6) is 0 Å². The van der Waals surface area contributed by atoms with Crippen LogP contribution in [0.25, 0.3) is 0 Å². The fourth-order valence-electron chi connectivity index (χ4n) is 1.31. The number of benzene rings is 1. The van der Waals surface area contributed by atoms with E-state index in [1.807, 2.05) is 6.07 Å². The van der Waals surface area contributed by atoms with E-state index in [0.29, 0.717) is 6.42 Å². The predicted octanol–water partition coefficient (Wildman–Crippen LogP) is 2.67. The van der Waals surface area contributed by atoms with Crippen LogP contribution in [0.1, 0.15) is 30.6 Å². The van der Waals surface area contributed by atoms with Crippen LogP contribution in [0, 0.1) is 21.4 Å². The van der Waals surface area contributed by atoms with Gasteiger partial charge in [-0.05, 0) is 25.5 Å². The molecule has 0 radical (unpaired) electrons. The summed E-state index contributed by atoms with van der Waals surface area (Å²) in [4.78, 5) is 22.0. The van der Waals surface area contributed by atoms with Crippen molar-refractivity contribution < 1.29 is 9.72 Å². The van der Waals surface area contributed by atoms with Crippen molar-refractivity contribution in [1.82, 2.24) is 5.32 Å². The second-order valence-electron chi connectivity index (χ2n) is 4.17. The van der Waals surface area contributed by atoms with Gasteiger partial charge in [0.05, 0.1) is 11.0 Å². The molecule has 6 nitrogen and oxygen atoms in total. The third-order valence-electron chi connectivity index (χ3n) is 2.75. The molecule has 0 fully saturated rings. The first-order valence-electron chi connectivity index (χ1n) is 5.50. The Labute approximate surface area is 115 Å². The lowest BCUT2D eigenvalue weighted by Crippen LogP contribution is -2.44. The summed E-state index contributed by atoms with van der Waals surface area (Å²) in [5.41, 5.74) is -1.26. The van der Waals surface area contributed by atoms with Crippen molar-refractivity contribution in [3.8, 4) is 6.07 Å². The smallest absolute Gasteiger partial charge is 0.288 e. The Hall–Kier alpha value is -2.13. The molecule has 1 atom stereocenters. The van der Waals surface area contributed by atoms with Crippen LogP contribution in [0.15, 0.2) is 18.2 Å². The van der Waals surface area contributed by atoms with Gasteiger partial charge in [-0.2, -0.15) is 5.26 Å². The SMILES string of the molecule is CCC(C)(C#N)NC(=O)c1ccc(Cl)c([N+](=O)[O-])c1. The first-order chi connectivity index (χ1) is 8.83. The first-order valence-corrected chi connectivity index (χ1v) is 5.88. The molecule has 0 bridgehead atoms. The summed E-state index contributed by atoms with van der Waals surface area (Å²) in [6.07, 6.45) is 0.422. The molecule has 0 spiro atoms. The third-order valence-corrected chi connectivity index (χ3v) is 3.07. The number of carbonyl (C=O) groups excluding carboxylic acids is 1. The molecular weight excluding hydrogens is 270 g/mol. The van der Waals surface area contributed by atoms with Crippen LogP contribution in [-0.4, -0.2) is 16.4 Å². The Morgan fingerprint density at radius 3 is 2.74 bits per heavy atom. The van der Waals surface area contributed by atoms with Crippen LogP contribution in [0.3, 0.4) is 0 Å². The molecular formula is C12H12ClN3O3. The van der Waals surface area contributed by atoms with Crippen molar-refractivity contribution in [2.75, 3.05) is 0 Å². The minimum absolute atomic E-state index is 0.0416. The summed E-state index contributed by atoms with van der Waals surface area (Å²) in [6.45, 7) is 3.34. The molecule has 0 saturated heterocycles. The molecule has 1 unspecified atom stereocenters. The van der Waals surface area contributed by atoms with E-state index >= 15 is 0 Å². The number of nitriles is 1. The van der Waals surface area contributed by atoms with E-state index < -0.39 is 16.4 Å². The number of hydrogen-bond acceptors (Lipinski definition) is 4. The number of nitro benzene ring substituents is 1. The number of halogens is 1. The zero-order valence-electron chi connectivity index (χ0n) is 10.4. The Kier molecular flexibility index (Phi) is 4.46. The molecule has 0 heterocycles.